The second-order valence-corrected chi connectivity index (χ2v) is 3.95. The highest BCUT2D eigenvalue weighted by Gasteiger charge is 2.04. The van der Waals surface area contributed by atoms with Gasteiger partial charge >= 0.3 is 0 Å². The number of anilines is 1. The first kappa shape index (κ1) is 10.9. The minimum atomic E-state index is 0.366. The molecule has 0 spiro atoms. The fourth-order valence-electron chi connectivity index (χ4n) is 1.30. The summed E-state index contributed by atoms with van der Waals surface area (Å²) in [6.45, 7) is 0.763. The van der Waals surface area contributed by atoms with Gasteiger partial charge in [-0.1, -0.05) is 6.07 Å². The normalized spacial score (nSPS) is 10.6. The van der Waals surface area contributed by atoms with Gasteiger partial charge in [-0.3, -0.25) is 0 Å². The molecule has 0 saturated carbocycles. The average Bonchev–Trinajstić information content (AvgIpc) is 2.07. The van der Waals surface area contributed by atoms with Gasteiger partial charge in [0.15, 0.2) is 0 Å². The Balaban J connectivity index is 2.90. The van der Waals surface area contributed by atoms with Crippen molar-refractivity contribution in [1.82, 2.24) is 4.90 Å². The van der Waals surface area contributed by atoms with Crippen LogP contribution in [0.25, 0.3) is 0 Å². The smallest absolute Gasteiger partial charge is 0.122 e. The van der Waals surface area contributed by atoms with Gasteiger partial charge in [0, 0.05) is 38.0 Å². The maximum atomic E-state index is 9.74. The third-order valence-electron chi connectivity index (χ3n) is 2.07. The Morgan fingerprint density at radius 3 is 2.21 bits per heavy atom. The zero-order valence-corrected chi connectivity index (χ0v) is 9.28. The molecule has 0 bridgehead atoms. The Hall–Kier alpha value is -1.22. The predicted octanol–water partition coefficient (Wildman–Crippen LogP) is 1.52. The minimum absolute atomic E-state index is 0.366. The van der Waals surface area contributed by atoms with Crippen LogP contribution in [0.3, 0.4) is 0 Å². The molecule has 0 saturated heterocycles. The standard InChI is InChI=1S/C11H18N2O/c1-12(2)8-9-5-6-10(13(3)4)7-11(9)14/h5-7,14H,8H2,1-4H3. The predicted molar refractivity (Wildman–Crippen MR) is 59.8 cm³/mol. The summed E-state index contributed by atoms with van der Waals surface area (Å²) < 4.78 is 0. The van der Waals surface area contributed by atoms with Crippen molar-refractivity contribution < 1.29 is 5.11 Å². The fraction of sp³-hybridized carbons (Fsp3) is 0.455. The van der Waals surface area contributed by atoms with E-state index in [1.54, 1.807) is 6.07 Å². The van der Waals surface area contributed by atoms with Gasteiger partial charge in [0.05, 0.1) is 0 Å². The van der Waals surface area contributed by atoms with Crippen LogP contribution >= 0.6 is 0 Å². The van der Waals surface area contributed by atoms with Crippen molar-refractivity contribution in [3.05, 3.63) is 23.8 Å². The summed E-state index contributed by atoms with van der Waals surface area (Å²) in [7, 11) is 7.89. The molecule has 1 rings (SSSR count). The van der Waals surface area contributed by atoms with E-state index >= 15 is 0 Å². The molecule has 0 radical (unpaired) electrons. The summed E-state index contributed by atoms with van der Waals surface area (Å²) in [5.74, 6) is 0.366. The van der Waals surface area contributed by atoms with Crippen LogP contribution in [0, 0.1) is 0 Å². The summed E-state index contributed by atoms with van der Waals surface area (Å²) in [4.78, 5) is 4.00. The molecule has 0 amide bonds. The lowest BCUT2D eigenvalue weighted by Gasteiger charge is -2.16. The van der Waals surface area contributed by atoms with Crippen LogP contribution in [0.1, 0.15) is 5.56 Å². The molecular weight excluding hydrogens is 176 g/mol. The number of hydrogen-bond acceptors (Lipinski definition) is 3. The molecule has 0 aliphatic heterocycles. The number of aromatic hydroxyl groups is 1. The van der Waals surface area contributed by atoms with Gasteiger partial charge < -0.3 is 14.9 Å². The number of rotatable bonds is 3. The highest BCUT2D eigenvalue weighted by atomic mass is 16.3. The van der Waals surface area contributed by atoms with Crippen molar-refractivity contribution in [2.24, 2.45) is 0 Å². The second kappa shape index (κ2) is 4.33. The number of phenols is 1. The Morgan fingerprint density at radius 2 is 1.79 bits per heavy atom. The maximum Gasteiger partial charge on any atom is 0.122 e. The van der Waals surface area contributed by atoms with Crippen molar-refractivity contribution in [2.45, 2.75) is 6.54 Å². The number of benzene rings is 1. The largest absolute Gasteiger partial charge is 0.508 e. The van der Waals surface area contributed by atoms with E-state index in [4.69, 9.17) is 0 Å². The van der Waals surface area contributed by atoms with Crippen molar-refractivity contribution in [1.29, 1.82) is 0 Å². The molecule has 1 aromatic carbocycles. The molecule has 1 aromatic rings. The summed E-state index contributed by atoms with van der Waals surface area (Å²) in [5.41, 5.74) is 1.98. The molecule has 0 aliphatic carbocycles. The molecule has 3 nitrogen and oxygen atoms in total. The molecule has 1 N–H and O–H groups in total. The van der Waals surface area contributed by atoms with E-state index in [1.807, 2.05) is 50.1 Å². The molecule has 0 fully saturated rings. The first-order valence-corrected chi connectivity index (χ1v) is 4.64. The van der Waals surface area contributed by atoms with Gasteiger partial charge in [-0.2, -0.15) is 0 Å². The van der Waals surface area contributed by atoms with Crippen LogP contribution in [-0.4, -0.2) is 38.2 Å². The van der Waals surface area contributed by atoms with Crippen molar-refractivity contribution in [2.75, 3.05) is 33.1 Å². The Bertz CT molecular complexity index is 308. The average molecular weight is 194 g/mol. The molecule has 0 heterocycles. The zero-order valence-electron chi connectivity index (χ0n) is 9.28. The molecule has 0 unspecified atom stereocenters. The van der Waals surface area contributed by atoms with Gasteiger partial charge in [-0.15, -0.1) is 0 Å². The van der Waals surface area contributed by atoms with Crippen LogP contribution in [0.15, 0.2) is 18.2 Å². The Labute approximate surface area is 85.6 Å². The van der Waals surface area contributed by atoms with Crippen molar-refractivity contribution in [3.63, 3.8) is 0 Å². The van der Waals surface area contributed by atoms with Crippen molar-refractivity contribution >= 4 is 5.69 Å². The van der Waals surface area contributed by atoms with E-state index in [9.17, 15) is 5.11 Å². The third kappa shape index (κ3) is 2.64. The fourth-order valence-corrected chi connectivity index (χ4v) is 1.30. The lowest BCUT2D eigenvalue weighted by Crippen LogP contribution is -2.12. The topological polar surface area (TPSA) is 26.7 Å². The zero-order chi connectivity index (χ0) is 10.7. The van der Waals surface area contributed by atoms with Crippen LogP contribution in [0.4, 0.5) is 5.69 Å². The first-order chi connectivity index (χ1) is 6.50. The molecule has 78 valence electrons. The van der Waals surface area contributed by atoms with E-state index in [0.29, 0.717) is 5.75 Å². The van der Waals surface area contributed by atoms with Crippen LogP contribution in [0.2, 0.25) is 0 Å². The van der Waals surface area contributed by atoms with E-state index in [0.717, 1.165) is 17.8 Å². The van der Waals surface area contributed by atoms with Gasteiger partial charge in [-0.25, -0.2) is 0 Å². The van der Waals surface area contributed by atoms with Gasteiger partial charge in [-0.05, 0) is 20.2 Å². The Morgan fingerprint density at radius 1 is 1.14 bits per heavy atom. The SMILES string of the molecule is CN(C)Cc1ccc(N(C)C)cc1O. The van der Waals surface area contributed by atoms with E-state index in [1.165, 1.54) is 0 Å². The highest BCUT2D eigenvalue weighted by molar-refractivity contribution is 5.52. The minimum Gasteiger partial charge on any atom is -0.508 e. The molecule has 0 atom stereocenters. The van der Waals surface area contributed by atoms with Crippen LogP contribution < -0.4 is 4.90 Å². The monoisotopic (exact) mass is 194 g/mol. The first-order valence-electron chi connectivity index (χ1n) is 4.64. The quantitative estimate of drug-likeness (QED) is 0.790. The van der Waals surface area contributed by atoms with Crippen LogP contribution in [-0.2, 0) is 6.54 Å². The molecule has 14 heavy (non-hydrogen) atoms. The molecule has 0 aromatic heterocycles. The van der Waals surface area contributed by atoms with Crippen molar-refractivity contribution in [3.8, 4) is 5.75 Å². The van der Waals surface area contributed by atoms with Gasteiger partial charge in [0.1, 0.15) is 5.75 Å². The maximum absolute atomic E-state index is 9.74. The van der Waals surface area contributed by atoms with E-state index in [2.05, 4.69) is 0 Å². The second-order valence-electron chi connectivity index (χ2n) is 3.95. The lowest BCUT2D eigenvalue weighted by atomic mass is 10.1. The number of phenolic OH excluding ortho intramolecular Hbond substituents is 1. The number of hydrogen-bond donors (Lipinski definition) is 1. The van der Waals surface area contributed by atoms with E-state index < -0.39 is 0 Å². The van der Waals surface area contributed by atoms with Gasteiger partial charge in [0.2, 0.25) is 0 Å². The van der Waals surface area contributed by atoms with Gasteiger partial charge in [0.25, 0.3) is 0 Å². The summed E-state index contributed by atoms with van der Waals surface area (Å²) in [6, 6.07) is 5.77. The van der Waals surface area contributed by atoms with Crippen LogP contribution in [0.5, 0.6) is 5.75 Å². The van der Waals surface area contributed by atoms with E-state index in [-0.39, 0.29) is 0 Å². The Kier molecular flexibility index (Phi) is 3.36. The highest BCUT2D eigenvalue weighted by Crippen LogP contribution is 2.24. The summed E-state index contributed by atoms with van der Waals surface area (Å²) in [6.07, 6.45) is 0. The lowest BCUT2D eigenvalue weighted by molar-refractivity contribution is 0.386. The number of nitrogens with zero attached hydrogens (tertiary/aromatic N) is 2. The molecular formula is C11H18N2O. The summed E-state index contributed by atoms with van der Waals surface area (Å²) >= 11 is 0. The molecule has 3 heteroatoms. The summed E-state index contributed by atoms with van der Waals surface area (Å²) in [5, 5.41) is 9.74. The molecule has 0 aliphatic rings. The third-order valence-corrected chi connectivity index (χ3v) is 2.07.